The van der Waals surface area contributed by atoms with Crippen LogP contribution in [-0.4, -0.2) is 28.1 Å². The Labute approximate surface area is 132 Å². The number of aryl methyl sites for hydroxylation is 1. The van der Waals surface area contributed by atoms with Crippen molar-refractivity contribution in [2.24, 2.45) is 5.92 Å². The molecular formula is C19H24N2O. The van der Waals surface area contributed by atoms with E-state index in [0.717, 1.165) is 32.5 Å². The predicted molar refractivity (Wildman–Crippen MR) is 88.8 cm³/mol. The van der Waals surface area contributed by atoms with Gasteiger partial charge in [0.05, 0.1) is 5.69 Å². The Hall–Kier alpha value is -1.87. The van der Waals surface area contributed by atoms with E-state index < -0.39 is 0 Å². The van der Waals surface area contributed by atoms with Crippen LogP contribution in [0.2, 0.25) is 0 Å². The summed E-state index contributed by atoms with van der Waals surface area (Å²) in [4.78, 5) is 7.06. The molecule has 1 fully saturated rings. The first-order chi connectivity index (χ1) is 10.7. The molecule has 1 aromatic carbocycles. The van der Waals surface area contributed by atoms with Crippen LogP contribution in [0.5, 0.6) is 5.75 Å². The number of aromatic nitrogens is 1. The van der Waals surface area contributed by atoms with Crippen molar-refractivity contribution in [3.05, 3.63) is 59.4 Å². The molecular weight excluding hydrogens is 272 g/mol. The number of pyridine rings is 1. The van der Waals surface area contributed by atoms with Gasteiger partial charge in [-0.25, -0.2) is 0 Å². The van der Waals surface area contributed by atoms with Crippen LogP contribution in [0.1, 0.15) is 30.2 Å². The van der Waals surface area contributed by atoms with E-state index in [0.29, 0.717) is 11.7 Å². The van der Waals surface area contributed by atoms with Gasteiger partial charge >= 0.3 is 0 Å². The molecule has 1 N–H and O–H groups in total. The maximum Gasteiger partial charge on any atom is 0.115 e. The van der Waals surface area contributed by atoms with Crippen LogP contribution >= 0.6 is 0 Å². The van der Waals surface area contributed by atoms with E-state index in [-0.39, 0.29) is 0 Å². The molecule has 0 spiro atoms. The largest absolute Gasteiger partial charge is 0.508 e. The fourth-order valence-corrected chi connectivity index (χ4v) is 3.18. The average Bonchev–Trinajstić information content (AvgIpc) is 2.97. The van der Waals surface area contributed by atoms with Crippen LogP contribution in [-0.2, 0) is 19.4 Å². The van der Waals surface area contributed by atoms with Gasteiger partial charge < -0.3 is 5.11 Å². The Bertz CT molecular complexity index is 592. The number of hydrogen-bond donors (Lipinski definition) is 1. The van der Waals surface area contributed by atoms with Gasteiger partial charge in [0.2, 0.25) is 0 Å². The highest BCUT2D eigenvalue weighted by Gasteiger charge is 2.22. The Kier molecular flexibility index (Phi) is 4.74. The molecule has 1 aliphatic heterocycles. The Morgan fingerprint density at radius 3 is 2.59 bits per heavy atom. The van der Waals surface area contributed by atoms with E-state index in [2.05, 4.69) is 28.9 Å². The molecule has 3 rings (SSSR count). The van der Waals surface area contributed by atoms with Crippen LogP contribution in [0.25, 0.3) is 0 Å². The molecule has 0 bridgehead atoms. The smallest absolute Gasteiger partial charge is 0.115 e. The number of phenolic OH excluding ortho intramolecular Hbond substituents is 1. The second-order valence-corrected chi connectivity index (χ2v) is 6.27. The van der Waals surface area contributed by atoms with Crippen molar-refractivity contribution in [3.8, 4) is 5.75 Å². The number of phenols is 1. The zero-order chi connectivity index (χ0) is 15.4. The molecule has 0 radical (unpaired) electrons. The van der Waals surface area contributed by atoms with Gasteiger partial charge in [0.15, 0.2) is 0 Å². The quantitative estimate of drug-likeness (QED) is 0.918. The first-order valence-electron chi connectivity index (χ1n) is 8.17. The summed E-state index contributed by atoms with van der Waals surface area (Å²) in [7, 11) is 0. The second kappa shape index (κ2) is 6.93. The molecule has 0 amide bonds. The lowest BCUT2D eigenvalue weighted by molar-refractivity contribution is 0.312. The zero-order valence-electron chi connectivity index (χ0n) is 13.2. The van der Waals surface area contributed by atoms with Gasteiger partial charge in [-0.3, -0.25) is 9.88 Å². The molecule has 0 aliphatic carbocycles. The van der Waals surface area contributed by atoms with E-state index in [9.17, 15) is 5.11 Å². The van der Waals surface area contributed by atoms with Crippen molar-refractivity contribution in [3.63, 3.8) is 0 Å². The Balaban J connectivity index is 1.52. The van der Waals surface area contributed by atoms with Crippen LogP contribution in [0.3, 0.4) is 0 Å². The summed E-state index contributed by atoms with van der Waals surface area (Å²) < 4.78 is 0. The standard InChI is InChI=1S/C19H24N2O/c1-2-15-3-6-18(20-12-15)14-21-10-9-17(13-21)11-16-4-7-19(22)8-5-16/h3-8,12,17,22H,2,9-11,13-14H2,1H3. The van der Waals surface area contributed by atoms with Crippen molar-refractivity contribution >= 4 is 0 Å². The third-order valence-corrected chi connectivity index (χ3v) is 4.51. The summed E-state index contributed by atoms with van der Waals surface area (Å²) in [6, 6.07) is 12.0. The summed E-state index contributed by atoms with van der Waals surface area (Å²) in [6.07, 6.45) is 5.39. The van der Waals surface area contributed by atoms with Gasteiger partial charge in [-0.05, 0) is 61.1 Å². The van der Waals surface area contributed by atoms with Gasteiger partial charge in [-0.1, -0.05) is 25.1 Å². The highest BCUT2D eigenvalue weighted by atomic mass is 16.3. The molecule has 22 heavy (non-hydrogen) atoms. The summed E-state index contributed by atoms with van der Waals surface area (Å²) in [5.74, 6) is 1.05. The van der Waals surface area contributed by atoms with E-state index in [1.165, 1.54) is 23.2 Å². The zero-order valence-corrected chi connectivity index (χ0v) is 13.2. The van der Waals surface area contributed by atoms with Crippen LogP contribution in [0.4, 0.5) is 0 Å². The van der Waals surface area contributed by atoms with Crippen LogP contribution < -0.4 is 0 Å². The van der Waals surface area contributed by atoms with Crippen molar-refractivity contribution in [2.75, 3.05) is 13.1 Å². The fourth-order valence-electron chi connectivity index (χ4n) is 3.18. The van der Waals surface area contributed by atoms with Crippen molar-refractivity contribution in [2.45, 2.75) is 32.7 Å². The summed E-state index contributed by atoms with van der Waals surface area (Å²) in [6.45, 7) is 5.40. The Morgan fingerprint density at radius 2 is 1.91 bits per heavy atom. The second-order valence-electron chi connectivity index (χ2n) is 6.27. The maximum atomic E-state index is 9.35. The first kappa shape index (κ1) is 15.0. The maximum absolute atomic E-state index is 9.35. The van der Waals surface area contributed by atoms with Crippen LogP contribution in [0.15, 0.2) is 42.6 Å². The van der Waals surface area contributed by atoms with Gasteiger partial charge in [0.25, 0.3) is 0 Å². The Morgan fingerprint density at radius 1 is 1.14 bits per heavy atom. The van der Waals surface area contributed by atoms with Crippen molar-refractivity contribution < 1.29 is 5.11 Å². The summed E-state index contributed by atoms with van der Waals surface area (Å²) >= 11 is 0. The number of hydrogen-bond acceptors (Lipinski definition) is 3. The molecule has 3 heteroatoms. The molecule has 3 nitrogen and oxygen atoms in total. The average molecular weight is 296 g/mol. The van der Waals surface area contributed by atoms with Gasteiger partial charge in [0, 0.05) is 19.3 Å². The van der Waals surface area contributed by atoms with Crippen molar-refractivity contribution in [1.82, 2.24) is 9.88 Å². The van der Waals surface area contributed by atoms with E-state index in [4.69, 9.17) is 0 Å². The number of benzene rings is 1. The number of aromatic hydroxyl groups is 1. The summed E-state index contributed by atoms with van der Waals surface area (Å²) in [5, 5.41) is 9.35. The lowest BCUT2D eigenvalue weighted by atomic mass is 9.99. The third-order valence-electron chi connectivity index (χ3n) is 4.51. The molecule has 1 aliphatic rings. The van der Waals surface area contributed by atoms with Gasteiger partial charge in [-0.15, -0.1) is 0 Å². The molecule has 116 valence electrons. The van der Waals surface area contributed by atoms with Gasteiger partial charge in [-0.2, -0.15) is 0 Å². The molecule has 1 aromatic heterocycles. The normalized spacial score (nSPS) is 18.7. The molecule has 0 saturated carbocycles. The predicted octanol–water partition coefficient (Wildman–Crippen LogP) is 3.41. The third kappa shape index (κ3) is 3.86. The lowest BCUT2D eigenvalue weighted by Gasteiger charge is -2.16. The minimum Gasteiger partial charge on any atom is -0.508 e. The minimum absolute atomic E-state index is 0.346. The van der Waals surface area contributed by atoms with Crippen LogP contribution in [0, 0.1) is 5.92 Å². The SMILES string of the molecule is CCc1ccc(CN2CCC(Cc3ccc(O)cc3)C2)nc1. The lowest BCUT2D eigenvalue weighted by Crippen LogP contribution is -2.21. The number of nitrogens with zero attached hydrogens (tertiary/aromatic N) is 2. The molecule has 2 aromatic rings. The van der Waals surface area contributed by atoms with Gasteiger partial charge in [0.1, 0.15) is 5.75 Å². The molecule has 1 unspecified atom stereocenters. The number of rotatable bonds is 5. The molecule has 1 saturated heterocycles. The topological polar surface area (TPSA) is 36.4 Å². The monoisotopic (exact) mass is 296 g/mol. The highest BCUT2D eigenvalue weighted by Crippen LogP contribution is 2.23. The van der Waals surface area contributed by atoms with E-state index in [1.807, 2.05) is 18.3 Å². The van der Waals surface area contributed by atoms with Crippen molar-refractivity contribution in [1.29, 1.82) is 0 Å². The number of likely N-dealkylation sites (tertiary alicyclic amines) is 1. The fraction of sp³-hybridized carbons (Fsp3) is 0.421. The summed E-state index contributed by atoms with van der Waals surface area (Å²) in [5.41, 5.74) is 3.79. The highest BCUT2D eigenvalue weighted by molar-refractivity contribution is 5.26. The van der Waals surface area contributed by atoms with E-state index >= 15 is 0 Å². The first-order valence-corrected chi connectivity index (χ1v) is 8.17. The molecule has 2 heterocycles. The molecule has 1 atom stereocenters. The minimum atomic E-state index is 0.346. The van der Waals surface area contributed by atoms with E-state index in [1.54, 1.807) is 12.1 Å².